The number of aryl methyl sites for hydroxylation is 1. The van der Waals surface area contributed by atoms with Gasteiger partial charge in [-0.25, -0.2) is 0 Å². The number of rotatable bonds is 3. The van der Waals surface area contributed by atoms with E-state index in [1.165, 1.54) is 11.3 Å². The summed E-state index contributed by atoms with van der Waals surface area (Å²) in [6.07, 6.45) is 2.56. The first-order chi connectivity index (χ1) is 11.6. The molecule has 1 aromatic carbocycles. The number of nitrogens with one attached hydrogen (secondary N) is 1. The number of hydrogen-bond donors (Lipinski definition) is 1. The molecule has 1 fully saturated rings. The third kappa shape index (κ3) is 3.62. The van der Waals surface area contributed by atoms with E-state index in [1.54, 1.807) is 23.1 Å². The van der Waals surface area contributed by atoms with Gasteiger partial charge in [-0.15, -0.1) is 11.3 Å². The average molecular weight is 363 g/mol. The number of anilines is 1. The van der Waals surface area contributed by atoms with E-state index in [9.17, 15) is 9.59 Å². The molecule has 1 aliphatic rings. The number of thiophene rings is 1. The summed E-state index contributed by atoms with van der Waals surface area (Å²) in [6.45, 7) is 2.53. The van der Waals surface area contributed by atoms with Gasteiger partial charge in [0.05, 0.1) is 4.88 Å². The normalized spacial score (nSPS) is 17.6. The summed E-state index contributed by atoms with van der Waals surface area (Å²) in [4.78, 5) is 27.8. The molecule has 0 bridgehead atoms. The van der Waals surface area contributed by atoms with E-state index in [-0.39, 0.29) is 11.8 Å². The van der Waals surface area contributed by atoms with E-state index >= 15 is 0 Å². The molecule has 6 heteroatoms. The number of benzene rings is 1. The number of carbonyl (C=O) groups excluding carboxylic acids is 2. The molecule has 3 rings (SSSR count). The summed E-state index contributed by atoms with van der Waals surface area (Å²) in [7, 11) is 0. The highest BCUT2D eigenvalue weighted by Gasteiger charge is 2.33. The van der Waals surface area contributed by atoms with Crippen molar-refractivity contribution in [3.63, 3.8) is 0 Å². The molecule has 0 spiro atoms. The van der Waals surface area contributed by atoms with Crippen molar-refractivity contribution in [1.82, 2.24) is 4.90 Å². The predicted molar refractivity (Wildman–Crippen MR) is 97.8 cm³/mol. The van der Waals surface area contributed by atoms with Crippen molar-refractivity contribution in [3.8, 4) is 0 Å². The average Bonchev–Trinajstić information content (AvgIpc) is 3.12. The minimum absolute atomic E-state index is 0.0623. The Hall–Kier alpha value is -1.85. The van der Waals surface area contributed by atoms with Gasteiger partial charge < -0.3 is 10.2 Å². The molecular weight excluding hydrogens is 344 g/mol. The van der Waals surface area contributed by atoms with E-state index < -0.39 is 6.04 Å². The molecule has 1 aliphatic heterocycles. The summed E-state index contributed by atoms with van der Waals surface area (Å²) in [5.41, 5.74) is 1.64. The zero-order valence-corrected chi connectivity index (χ0v) is 15.0. The molecule has 0 radical (unpaired) electrons. The molecule has 0 saturated carbocycles. The van der Waals surface area contributed by atoms with Crippen molar-refractivity contribution in [3.05, 3.63) is 51.2 Å². The second-order valence-corrected chi connectivity index (χ2v) is 7.32. The van der Waals surface area contributed by atoms with E-state index in [1.807, 2.05) is 24.4 Å². The number of amides is 2. The summed E-state index contributed by atoms with van der Waals surface area (Å²) in [6, 6.07) is 8.62. The minimum atomic E-state index is -0.438. The highest BCUT2D eigenvalue weighted by Crippen LogP contribution is 2.25. The standard InChI is InChI=1S/C18H19ClN2O2S/c1-12-7-8-13(19)11-14(12)20-17(22)15-5-2-3-9-21(15)18(23)16-6-4-10-24-16/h4,6-8,10-11,15H,2-3,5,9H2,1H3,(H,20,22). The Balaban J connectivity index is 1.78. The van der Waals surface area contributed by atoms with Crippen molar-refractivity contribution in [2.75, 3.05) is 11.9 Å². The van der Waals surface area contributed by atoms with E-state index in [2.05, 4.69) is 5.32 Å². The van der Waals surface area contributed by atoms with Crippen molar-refractivity contribution < 1.29 is 9.59 Å². The second kappa shape index (κ2) is 7.36. The van der Waals surface area contributed by atoms with E-state index in [0.717, 1.165) is 18.4 Å². The second-order valence-electron chi connectivity index (χ2n) is 5.94. The van der Waals surface area contributed by atoms with Gasteiger partial charge in [0.15, 0.2) is 0 Å². The van der Waals surface area contributed by atoms with Gasteiger partial charge in [-0.05, 0) is 55.3 Å². The molecule has 2 aromatic rings. The lowest BCUT2D eigenvalue weighted by atomic mass is 10.0. The molecule has 1 unspecified atom stereocenters. The topological polar surface area (TPSA) is 49.4 Å². The van der Waals surface area contributed by atoms with Crippen molar-refractivity contribution in [2.24, 2.45) is 0 Å². The van der Waals surface area contributed by atoms with Crippen LogP contribution in [0.3, 0.4) is 0 Å². The Labute approximate surface area is 150 Å². The van der Waals surface area contributed by atoms with Gasteiger partial charge in [0.1, 0.15) is 6.04 Å². The Morgan fingerprint density at radius 2 is 2.12 bits per heavy atom. The lowest BCUT2D eigenvalue weighted by Crippen LogP contribution is -2.49. The van der Waals surface area contributed by atoms with Crippen LogP contribution >= 0.6 is 22.9 Å². The number of nitrogens with zero attached hydrogens (tertiary/aromatic N) is 1. The maximum atomic E-state index is 12.8. The van der Waals surface area contributed by atoms with Gasteiger partial charge in [-0.2, -0.15) is 0 Å². The van der Waals surface area contributed by atoms with Crippen LogP contribution in [-0.4, -0.2) is 29.3 Å². The molecule has 1 aromatic heterocycles. The molecule has 1 saturated heterocycles. The zero-order chi connectivity index (χ0) is 17.1. The smallest absolute Gasteiger partial charge is 0.264 e. The van der Waals surface area contributed by atoms with Crippen molar-refractivity contribution in [2.45, 2.75) is 32.2 Å². The van der Waals surface area contributed by atoms with Gasteiger partial charge in [-0.3, -0.25) is 9.59 Å². The highest BCUT2D eigenvalue weighted by atomic mass is 35.5. The lowest BCUT2D eigenvalue weighted by Gasteiger charge is -2.34. The van der Waals surface area contributed by atoms with Gasteiger partial charge in [0, 0.05) is 17.3 Å². The first-order valence-electron chi connectivity index (χ1n) is 7.98. The van der Waals surface area contributed by atoms with Crippen molar-refractivity contribution >= 4 is 40.4 Å². The molecule has 4 nitrogen and oxygen atoms in total. The summed E-state index contributed by atoms with van der Waals surface area (Å²) < 4.78 is 0. The molecule has 2 heterocycles. The van der Waals surface area contributed by atoms with Gasteiger partial charge in [0.2, 0.25) is 5.91 Å². The molecule has 2 amide bonds. The quantitative estimate of drug-likeness (QED) is 0.882. The maximum absolute atomic E-state index is 12.8. The molecule has 24 heavy (non-hydrogen) atoms. The SMILES string of the molecule is Cc1ccc(Cl)cc1NC(=O)C1CCCCN1C(=O)c1cccs1. The number of piperidine rings is 1. The van der Waals surface area contributed by atoms with Crippen LogP contribution in [-0.2, 0) is 4.79 Å². The molecule has 1 N–H and O–H groups in total. The number of carbonyl (C=O) groups is 2. The van der Waals surface area contributed by atoms with Crippen LogP contribution in [0.4, 0.5) is 5.69 Å². The molecule has 126 valence electrons. The third-order valence-corrected chi connectivity index (χ3v) is 5.35. The minimum Gasteiger partial charge on any atom is -0.326 e. The van der Waals surface area contributed by atoms with Crippen LogP contribution in [0.1, 0.15) is 34.5 Å². The summed E-state index contributed by atoms with van der Waals surface area (Å²) >= 11 is 7.42. The Kier molecular flexibility index (Phi) is 5.21. The fraction of sp³-hybridized carbons (Fsp3) is 0.333. The lowest BCUT2D eigenvalue weighted by molar-refractivity contribution is -0.121. The molecular formula is C18H19ClN2O2S. The third-order valence-electron chi connectivity index (χ3n) is 4.26. The fourth-order valence-electron chi connectivity index (χ4n) is 2.93. The monoisotopic (exact) mass is 362 g/mol. The maximum Gasteiger partial charge on any atom is 0.264 e. The Bertz CT molecular complexity index is 745. The first-order valence-corrected chi connectivity index (χ1v) is 9.23. The summed E-state index contributed by atoms with van der Waals surface area (Å²) in [5.74, 6) is -0.211. The van der Waals surface area contributed by atoms with E-state index in [4.69, 9.17) is 11.6 Å². The molecule has 1 atom stereocenters. The fourth-order valence-corrected chi connectivity index (χ4v) is 3.78. The number of halogens is 1. The Morgan fingerprint density at radius 3 is 2.88 bits per heavy atom. The first kappa shape index (κ1) is 17.0. The summed E-state index contributed by atoms with van der Waals surface area (Å²) in [5, 5.41) is 5.39. The number of likely N-dealkylation sites (tertiary alicyclic amines) is 1. The molecule has 0 aliphatic carbocycles. The largest absolute Gasteiger partial charge is 0.326 e. The van der Waals surface area contributed by atoms with Crippen LogP contribution in [0, 0.1) is 6.92 Å². The van der Waals surface area contributed by atoms with Crippen LogP contribution in [0.2, 0.25) is 5.02 Å². The van der Waals surface area contributed by atoms with Crippen LogP contribution in [0.25, 0.3) is 0 Å². The van der Waals surface area contributed by atoms with Crippen LogP contribution < -0.4 is 5.32 Å². The van der Waals surface area contributed by atoms with Gasteiger partial charge in [0.25, 0.3) is 5.91 Å². The van der Waals surface area contributed by atoms with Crippen LogP contribution in [0.5, 0.6) is 0 Å². The predicted octanol–water partition coefficient (Wildman–Crippen LogP) is 4.34. The number of hydrogen-bond acceptors (Lipinski definition) is 3. The van der Waals surface area contributed by atoms with Gasteiger partial charge >= 0.3 is 0 Å². The van der Waals surface area contributed by atoms with Crippen LogP contribution in [0.15, 0.2) is 35.7 Å². The van der Waals surface area contributed by atoms with Crippen molar-refractivity contribution in [1.29, 1.82) is 0 Å². The van der Waals surface area contributed by atoms with Gasteiger partial charge in [-0.1, -0.05) is 23.7 Å². The Morgan fingerprint density at radius 1 is 1.29 bits per heavy atom. The van der Waals surface area contributed by atoms with E-state index in [0.29, 0.717) is 28.6 Å². The zero-order valence-electron chi connectivity index (χ0n) is 13.4. The highest BCUT2D eigenvalue weighted by molar-refractivity contribution is 7.12.